The number of amides is 1. The van der Waals surface area contributed by atoms with E-state index in [1.54, 1.807) is 0 Å². The zero-order chi connectivity index (χ0) is 15.9. The summed E-state index contributed by atoms with van der Waals surface area (Å²) >= 11 is 5.99. The second kappa shape index (κ2) is 6.08. The molecule has 0 N–H and O–H groups in total. The van der Waals surface area contributed by atoms with Crippen LogP contribution in [0.2, 0.25) is 5.02 Å². The quantitative estimate of drug-likeness (QED) is 0.851. The lowest BCUT2D eigenvalue weighted by Gasteiger charge is -2.39. The van der Waals surface area contributed by atoms with Crippen LogP contribution in [0.5, 0.6) is 0 Å². The van der Waals surface area contributed by atoms with Crippen molar-refractivity contribution in [2.45, 2.75) is 37.4 Å². The molecule has 2 saturated heterocycles. The Morgan fingerprint density at radius 1 is 1.13 bits per heavy atom. The van der Waals surface area contributed by atoms with Gasteiger partial charge in [-0.2, -0.15) is 0 Å². The van der Waals surface area contributed by atoms with Gasteiger partial charge in [0.05, 0.1) is 19.1 Å². The first-order valence-electron chi connectivity index (χ1n) is 8.49. The van der Waals surface area contributed by atoms with Crippen LogP contribution in [0, 0.1) is 5.92 Å². The molecule has 1 saturated carbocycles. The highest BCUT2D eigenvalue weighted by atomic mass is 35.5. The number of ether oxygens (including phenoxy) is 2. The summed E-state index contributed by atoms with van der Waals surface area (Å²) in [5.74, 6) is 0.291. The Balaban J connectivity index is 1.47. The Morgan fingerprint density at radius 2 is 1.74 bits per heavy atom. The highest BCUT2D eigenvalue weighted by molar-refractivity contribution is 6.30. The molecule has 3 fully saturated rings. The van der Waals surface area contributed by atoms with E-state index in [-0.39, 0.29) is 11.8 Å². The van der Waals surface area contributed by atoms with Crippen molar-refractivity contribution >= 4 is 17.5 Å². The Morgan fingerprint density at radius 3 is 2.30 bits per heavy atom. The molecule has 1 atom stereocenters. The van der Waals surface area contributed by atoms with Crippen LogP contribution in [-0.4, -0.2) is 42.9 Å². The van der Waals surface area contributed by atoms with E-state index in [1.807, 2.05) is 29.2 Å². The number of carbonyl (C=O) groups excluding carboxylic acids is 1. The molecule has 2 aliphatic heterocycles. The highest BCUT2D eigenvalue weighted by Crippen LogP contribution is 2.44. The van der Waals surface area contributed by atoms with Gasteiger partial charge in [-0.15, -0.1) is 0 Å². The molecule has 23 heavy (non-hydrogen) atoms. The number of halogens is 1. The zero-order valence-corrected chi connectivity index (χ0v) is 13.9. The number of hydrogen-bond acceptors (Lipinski definition) is 3. The lowest BCUT2D eigenvalue weighted by Crippen LogP contribution is -2.48. The van der Waals surface area contributed by atoms with Crippen LogP contribution < -0.4 is 0 Å². The van der Waals surface area contributed by atoms with Gasteiger partial charge in [-0.3, -0.25) is 4.79 Å². The summed E-state index contributed by atoms with van der Waals surface area (Å²) in [6.45, 7) is 2.78. The fraction of sp³-hybridized carbons (Fsp3) is 0.611. The zero-order valence-electron chi connectivity index (χ0n) is 13.2. The average molecular weight is 336 g/mol. The Hall–Kier alpha value is -1.10. The average Bonchev–Trinajstić information content (AvgIpc) is 3.30. The Labute approximate surface area is 141 Å². The van der Waals surface area contributed by atoms with Gasteiger partial charge in [0.1, 0.15) is 0 Å². The maximum absolute atomic E-state index is 13.1. The summed E-state index contributed by atoms with van der Waals surface area (Å²) in [5, 5.41) is 0.714. The fourth-order valence-electron chi connectivity index (χ4n) is 3.77. The molecular weight excluding hydrogens is 314 g/mol. The van der Waals surface area contributed by atoms with E-state index < -0.39 is 5.79 Å². The van der Waals surface area contributed by atoms with Gasteiger partial charge in [0.15, 0.2) is 5.79 Å². The first-order chi connectivity index (χ1) is 11.2. The summed E-state index contributed by atoms with van der Waals surface area (Å²) in [5.41, 5.74) is 1.09. The SMILES string of the molecule is O=C(C(c1ccc(Cl)cc1)C1CC1)N1CCC2(CC1)OCCO2. The standard InChI is InChI=1S/C18H22ClNO3/c19-15-5-3-14(4-6-15)16(13-1-2-13)17(21)20-9-7-18(8-10-20)22-11-12-23-18/h3-6,13,16H,1-2,7-12H2. The van der Waals surface area contributed by atoms with Crippen LogP contribution in [0.15, 0.2) is 24.3 Å². The van der Waals surface area contributed by atoms with E-state index in [0.717, 1.165) is 44.3 Å². The molecule has 1 amide bonds. The molecule has 3 aliphatic rings. The van der Waals surface area contributed by atoms with Crippen LogP contribution in [0.25, 0.3) is 0 Å². The highest BCUT2D eigenvalue weighted by Gasteiger charge is 2.44. The van der Waals surface area contributed by atoms with Gasteiger partial charge < -0.3 is 14.4 Å². The predicted octanol–water partition coefficient (Wildman–Crippen LogP) is 3.20. The summed E-state index contributed by atoms with van der Waals surface area (Å²) in [6.07, 6.45) is 3.83. The predicted molar refractivity (Wildman–Crippen MR) is 87.4 cm³/mol. The minimum absolute atomic E-state index is 0.0215. The molecule has 124 valence electrons. The number of carbonyl (C=O) groups is 1. The number of piperidine rings is 1. The van der Waals surface area contributed by atoms with Crippen molar-refractivity contribution in [2.24, 2.45) is 5.92 Å². The molecule has 2 heterocycles. The van der Waals surface area contributed by atoms with Gasteiger partial charge in [-0.05, 0) is 36.5 Å². The second-order valence-electron chi connectivity index (χ2n) is 6.80. The van der Waals surface area contributed by atoms with Crippen molar-refractivity contribution in [1.29, 1.82) is 0 Å². The van der Waals surface area contributed by atoms with E-state index >= 15 is 0 Å². The van der Waals surface area contributed by atoms with E-state index in [2.05, 4.69) is 0 Å². The number of benzene rings is 1. The van der Waals surface area contributed by atoms with Gasteiger partial charge in [0.2, 0.25) is 5.91 Å². The lowest BCUT2D eigenvalue weighted by atomic mass is 9.91. The summed E-state index contributed by atoms with van der Waals surface area (Å²) < 4.78 is 11.5. The number of likely N-dealkylation sites (tertiary alicyclic amines) is 1. The van der Waals surface area contributed by atoms with E-state index in [0.29, 0.717) is 24.2 Å². The number of nitrogens with zero attached hydrogens (tertiary/aromatic N) is 1. The third-order valence-corrected chi connectivity index (χ3v) is 5.49. The van der Waals surface area contributed by atoms with Crippen molar-refractivity contribution in [3.8, 4) is 0 Å². The largest absolute Gasteiger partial charge is 0.347 e. The molecular formula is C18H22ClNO3. The van der Waals surface area contributed by atoms with Gasteiger partial charge in [-0.1, -0.05) is 23.7 Å². The molecule has 4 rings (SSSR count). The molecule has 0 aromatic heterocycles. The van der Waals surface area contributed by atoms with Crippen LogP contribution >= 0.6 is 11.6 Å². The van der Waals surface area contributed by atoms with Crippen LogP contribution in [-0.2, 0) is 14.3 Å². The molecule has 1 unspecified atom stereocenters. The van der Waals surface area contributed by atoms with Gasteiger partial charge in [0.25, 0.3) is 0 Å². The minimum atomic E-state index is -0.424. The number of hydrogen-bond donors (Lipinski definition) is 0. The first kappa shape index (κ1) is 15.4. The summed E-state index contributed by atoms with van der Waals surface area (Å²) in [4.78, 5) is 15.1. The first-order valence-corrected chi connectivity index (χ1v) is 8.87. The van der Waals surface area contributed by atoms with Crippen LogP contribution in [0.1, 0.15) is 37.2 Å². The summed E-state index contributed by atoms with van der Waals surface area (Å²) in [6, 6.07) is 7.76. The minimum Gasteiger partial charge on any atom is -0.347 e. The summed E-state index contributed by atoms with van der Waals surface area (Å²) in [7, 11) is 0. The fourth-order valence-corrected chi connectivity index (χ4v) is 3.89. The maximum atomic E-state index is 13.1. The third kappa shape index (κ3) is 3.12. The maximum Gasteiger partial charge on any atom is 0.230 e. The lowest BCUT2D eigenvalue weighted by molar-refractivity contribution is -0.187. The third-order valence-electron chi connectivity index (χ3n) is 5.24. The second-order valence-corrected chi connectivity index (χ2v) is 7.24. The Bertz CT molecular complexity index is 568. The molecule has 0 radical (unpaired) electrons. The van der Waals surface area contributed by atoms with E-state index in [4.69, 9.17) is 21.1 Å². The van der Waals surface area contributed by atoms with Crippen molar-refractivity contribution in [3.63, 3.8) is 0 Å². The smallest absolute Gasteiger partial charge is 0.230 e. The normalized spacial score (nSPS) is 24.8. The van der Waals surface area contributed by atoms with Crippen LogP contribution in [0.4, 0.5) is 0 Å². The molecule has 4 nitrogen and oxygen atoms in total. The van der Waals surface area contributed by atoms with Crippen molar-refractivity contribution in [1.82, 2.24) is 4.90 Å². The number of rotatable bonds is 3. The van der Waals surface area contributed by atoms with Crippen molar-refractivity contribution in [2.75, 3.05) is 26.3 Å². The molecule has 5 heteroatoms. The molecule has 0 bridgehead atoms. The van der Waals surface area contributed by atoms with Crippen LogP contribution in [0.3, 0.4) is 0 Å². The van der Waals surface area contributed by atoms with E-state index in [1.165, 1.54) is 0 Å². The molecule has 1 aliphatic carbocycles. The molecule has 1 aromatic rings. The topological polar surface area (TPSA) is 38.8 Å². The van der Waals surface area contributed by atoms with Gasteiger partial charge >= 0.3 is 0 Å². The van der Waals surface area contributed by atoms with Gasteiger partial charge in [-0.25, -0.2) is 0 Å². The van der Waals surface area contributed by atoms with Crippen molar-refractivity contribution in [3.05, 3.63) is 34.9 Å². The molecule has 1 spiro atoms. The monoisotopic (exact) mass is 335 g/mol. The van der Waals surface area contributed by atoms with Gasteiger partial charge in [0, 0.05) is 31.0 Å². The Kier molecular flexibility index (Phi) is 4.08. The van der Waals surface area contributed by atoms with Crippen molar-refractivity contribution < 1.29 is 14.3 Å². The van der Waals surface area contributed by atoms with E-state index in [9.17, 15) is 4.79 Å². The molecule has 1 aromatic carbocycles.